The van der Waals surface area contributed by atoms with Gasteiger partial charge < -0.3 is 9.30 Å². The first-order valence-electron chi connectivity index (χ1n) is 5.43. The lowest BCUT2D eigenvalue weighted by molar-refractivity contribution is 0.411. The van der Waals surface area contributed by atoms with Crippen molar-refractivity contribution in [1.29, 1.82) is 0 Å². The molecule has 1 aromatic heterocycles. The molecular formula is C14H17NO. The van der Waals surface area contributed by atoms with E-state index in [0.717, 1.165) is 11.3 Å². The maximum atomic E-state index is 5.27. The molecule has 0 aliphatic carbocycles. The van der Waals surface area contributed by atoms with E-state index in [0.29, 0.717) is 0 Å². The van der Waals surface area contributed by atoms with Gasteiger partial charge in [0.1, 0.15) is 5.75 Å². The Balaban J connectivity index is 2.53. The van der Waals surface area contributed by atoms with Crippen LogP contribution in [0.2, 0.25) is 0 Å². The molecule has 16 heavy (non-hydrogen) atoms. The molecule has 2 heteroatoms. The SMILES string of the molecule is COc1ccc(-n2c(C)ccc2C)cc1C. The first-order valence-corrected chi connectivity index (χ1v) is 5.43. The summed E-state index contributed by atoms with van der Waals surface area (Å²) in [5.74, 6) is 0.936. The van der Waals surface area contributed by atoms with Crippen molar-refractivity contribution in [3.8, 4) is 11.4 Å². The van der Waals surface area contributed by atoms with Crippen LogP contribution in [0.15, 0.2) is 30.3 Å². The van der Waals surface area contributed by atoms with Gasteiger partial charge in [0.25, 0.3) is 0 Å². The van der Waals surface area contributed by atoms with E-state index in [4.69, 9.17) is 4.74 Å². The van der Waals surface area contributed by atoms with Crippen LogP contribution in [-0.2, 0) is 0 Å². The minimum atomic E-state index is 0.936. The molecule has 0 saturated heterocycles. The quantitative estimate of drug-likeness (QED) is 0.748. The number of hydrogen-bond acceptors (Lipinski definition) is 1. The molecule has 0 bridgehead atoms. The number of ether oxygens (including phenoxy) is 1. The Morgan fingerprint density at radius 1 is 0.938 bits per heavy atom. The first-order chi connectivity index (χ1) is 7.63. The molecule has 0 spiro atoms. The molecule has 2 aromatic rings. The zero-order valence-corrected chi connectivity index (χ0v) is 10.2. The predicted octanol–water partition coefficient (Wildman–Crippen LogP) is 3.41. The van der Waals surface area contributed by atoms with Crippen LogP contribution >= 0.6 is 0 Å². The van der Waals surface area contributed by atoms with Crippen LogP contribution in [0.25, 0.3) is 5.69 Å². The van der Waals surface area contributed by atoms with E-state index in [1.54, 1.807) is 7.11 Å². The van der Waals surface area contributed by atoms with Gasteiger partial charge in [0.15, 0.2) is 0 Å². The summed E-state index contributed by atoms with van der Waals surface area (Å²) in [5.41, 5.74) is 4.86. The molecule has 2 nitrogen and oxygen atoms in total. The smallest absolute Gasteiger partial charge is 0.121 e. The molecule has 0 radical (unpaired) electrons. The number of aryl methyl sites for hydroxylation is 3. The van der Waals surface area contributed by atoms with E-state index in [2.05, 4.69) is 49.6 Å². The molecule has 0 atom stereocenters. The standard InChI is InChI=1S/C14H17NO/c1-10-9-13(7-8-14(10)16-4)15-11(2)5-6-12(15)3/h5-9H,1-4H3. The highest BCUT2D eigenvalue weighted by atomic mass is 16.5. The lowest BCUT2D eigenvalue weighted by Crippen LogP contribution is -1.99. The van der Waals surface area contributed by atoms with Gasteiger partial charge in [-0.15, -0.1) is 0 Å². The summed E-state index contributed by atoms with van der Waals surface area (Å²) in [6.07, 6.45) is 0. The molecule has 0 N–H and O–H groups in total. The fourth-order valence-corrected chi connectivity index (χ4v) is 2.08. The Morgan fingerprint density at radius 2 is 1.56 bits per heavy atom. The van der Waals surface area contributed by atoms with Crippen LogP contribution in [0.3, 0.4) is 0 Å². The van der Waals surface area contributed by atoms with Gasteiger partial charge in [0.2, 0.25) is 0 Å². The summed E-state index contributed by atoms with van der Waals surface area (Å²) in [5, 5.41) is 0. The van der Waals surface area contributed by atoms with Crippen molar-refractivity contribution in [2.45, 2.75) is 20.8 Å². The second-order valence-electron chi connectivity index (χ2n) is 4.11. The van der Waals surface area contributed by atoms with Gasteiger partial charge in [-0.05, 0) is 56.7 Å². The molecule has 0 unspecified atom stereocenters. The number of benzene rings is 1. The summed E-state index contributed by atoms with van der Waals surface area (Å²) < 4.78 is 7.51. The Morgan fingerprint density at radius 3 is 2.06 bits per heavy atom. The summed E-state index contributed by atoms with van der Waals surface area (Å²) in [4.78, 5) is 0. The van der Waals surface area contributed by atoms with Crippen molar-refractivity contribution in [3.63, 3.8) is 0 Å². The summed E-state index contributed by atoms with van der Waals surface area (Å²) in [6.45, 7) is 6.30. The summed E-state index contributed by atoms with van der Waals surface area (Å²) in [7, 11) is 1.70. The Kier molecular flexibility index (Phi) is 2.73. The summed E-state index contributed by atoms with van der Waals surface area (Å²) >= 11 is 0. The van der Waals surface area contributed by atoms with Gasteiger partial charge in [-0.1, -0.05) is 0 Å². The van der Waals surface area contributed by atoms with Crippen molar-refractivity contribution >= 4 is 0 Å². The third-order valence-electron chi connectivity index (χ3n) is 2.91. The van der Waals surface area contributed by atoms with Crippen molar-refractivity contribution < 1.29 is 4.74 Å². The van der Waals surface area contributed by atoms with E-state index in [1.807, 2.05) is 6.07 Å². The topological polar surface area (TPSA) is 14.2 Å². The van der Waals surface area contributed by atoms with E-state index >= 15 is 0 Å². The Bertz CT molecular complexity index is 492. The third-order valence-corrected chi connectivity index (χ3v) is 2.91. The van der Waals surface area contributed by atoms with Gasteiger partial charge in [0.05, 0.1) is 7.11 Å². The molecule has 0 fully saturated rings. The Labute approximate surface area is 96.5 Å². The second-order valence-corrected chi connectivity index (χ2v) is 4.11. The van der Waals surface area contributed by atoms with E-state index in [1.165, 1.54) is 17.1 Å². The van der Waals surface area contributed by atoms with Crippen LogP contribution in [0, 0.1) is 20.8 Å². The molecule has 84 valence electrons. The zero-order chi connectivity index (χ0) is 11.7. The van der Waals surface area contributed by atoms with Crippen molar-refractivity contribution in [3.05, 3.63) is 47.3 Å². The maximum Gasteiger partial charge on any atom is 0.121 e. The fourth-order valence-electron chi connectivity index (χ4n) is 2.08. The highest BCUT2D eigenvalue weighted by Gasteiger charge is 2.05. The fraction of sp³-hybridized carbons (Fsp3) is 0.286. The van der Waals surface area contributed by atoms with Crippen LogP contribution in [0.1, 0.15) is 17.0 Å². The monoisotopic (exact) mass is 215 g/mol. The maximum absolute atomic E-state index is 5.27. The summed E-state index contributed by atoms with van der Waals surface area (Å²) in [6, 6.07) is 10.5. The number of rotatable bonds is 2. The van der Waals surface area contributed by atoms with E-state index < -0.39 is 0 Å². The minimum absolute atomic E-state index is 0.936. The lowest BCUT2D eigenvalue weighted by atomic mass is 10.2. The van der Waals surface area contributed by atoms with Crippen LogP contribution in [0.5, 0.6) is 5.75 Å². The lowest BCUT2D eigenvalue weighted by Gasteiger charge is -2.12. The van der Waals surface area contributed by atoms with Crippen molar-refractivity contribution in [1.82, 2.24) is 4.57 Å². The van der Waals surface area contributed by atoms with E-state index in [-0.39, 0.29) is 0 Å². The van der Waals surface area contributed by atoms with Crippen molar-refractivity contribution in [2.24, 2.45) is 0 Å². The molecule has 1 heterocycles. The van der Waals surface area contributed by atoms with Crippen LogP contribution in [0.4, 0.5) is 0 Å². The molecule has 2 rings (SSSR count). The van der Waals surface area contributed by atoms with Gasteiger partial charge >= 0.3 is 0 Å². The Hall–Kier alpha value is -1.70. The highest BCUT2D eigenvalue weighted by molar-refractivity contribution is 5.45. The number of nitrogens with zero attached hydrogens (tertiary/aromatic N) is 1. The van der Waals surface area contributed by atoms with Gasteiger partial charge in [0, 0.05) is 17.1 Å². The normalized spacial score (nSPS) is 10.5. The first kappa shape index (κ1) is 10.8. The number of aromatic nitrogens is 1. The number of hydrogen-bond donors (Lipinski definition) is 0. The van der Waals surface area contributed by atoms with E-state index in [9.17, 15) is 0 Å². The number of methoxy groups -OCH3 is 1. The van der Waals surface area contributed by atoms with Gasteiger partial charge in [-0.3, -0.25) is 0 Å². The minimum Gasteiger partial charge on any atom is -0.496 e. The van der Waals surface area contributed by atoms with Gasteiger partial charge in [-0.25, -0.2) is 0 Å². The molecule has 1 aromatic carbocycles. The molecular weight excluding hydrogens is 198 g/mol. The van der Waals surface area contributed by atoms with Crippen LogP contribution < -0.4 is 4.74 Å². The van der Waals surface area contributed by atoms with Crippen LogP contribution in [-0.4, -0.2) is 11.7 Å². The molecule has 0 aliphatic heterocycles. The molecule has 0 aliphatic rings. The largest absolute Gasteiger partial charge is 0.496 e. The third kappa shape index (κ3) is 1.71. The average molecular weight is 215 g/mol. The highest BCUT2D eigenvalue weighted by Crippen LogP contribution is 2.23. The predicted molar refractivity (Wildman–Crippen MR) is 66.5 cm³/mol. The molecule has 0 saturated carbocycles. The molecule has 0 amide bonds. The van der Waals surface area contributed by atoms with Crippen molar-refractivity contribution in [2.75, 3.05) is 7.11 Å². The zero-order valence-electron chi connectivity index (χ0n) is 10.2. The second kappa shape index (κ2) is 4.05. The van der Waals surface area contributed by atoms with Gasteiger partial charge in [-0.2, -0.15) is 0 Å². The average Bonchev–Trinajstić information content (AvgIpc) is 2.58.